The number of amides is 5. The Morgan fingerprint density at radius 1 is 1.00 bits per heavy atom. The molecule has 3 fully saturated rings. The van der Waals surface area contributed by atoms with Gasteiger partial charge >= 0.3 is 12.1 Å². The molecular formula is C25H35N5O6. The molecule has 2 bridgehead atoms. The molecule has 0 saturated carbocycles. The summed E-state index contributed by atoms with van der Waals surface area (Å²) < 4.78 is 5.41. The average molecular weight is 502 g/mol. The van der Waals surface area contributed by atoms with E-state index in [0.717, 1.165) is 5.56 Å². The number of piperidine rings is 2. The van der Waals surface area contributed by atoms with E-state index in [1.807, 2.05) is 30.3 Å². The van der Waals surface area contributed by atoms with Crippen LogP contribution in [0.5, 0.6) is 0 Å². The number of rotatable bonds is 5. The van der Waals surface area contributed by atoms with E-state index in [1.165, 1.54) is 14.9 Å². The number of ether oxygens (including phenoxy) is 1. The van der Waals surface area contributed by atoms with Gasteiger partial charge in [0.15, 0.2) is 0 Å². The highest BCUT2D eigenvalue weighted by atomic mass is 16.7. The number of urea groups is 1. The van der Waals surface area contributed by atoms with Crippen molar-refractivity contribution in [3.05, 3.63) is 35.9 Å². The van der Waals surface area contributed by atoms with Gasteiger partial charge in [-0.3, -0.25) is 25.3 Å². The quantitative estimate of drug-likeness (QED) is 0.597. The minimum absolute atomic E-state index is 0.110. The first-order valence-corrected chi connectivity index (χ1v) is 12.5. The number of benzene rings is 1. The second kappa shape index (κ2) is 10.7. The number of likely N-dealkylation sites (tertiary alicyclic amines) is 1. The molecule has 3 aliphatic heterocycles. The molecule has 36 heavy (non-hydrogen) atoms. The summed E-state index contributed by atoms with van der Waals surface area (Å²) in [6, 6.07) is 8.42. The third kappa shape index (κ3) is 6.07. The summed E-state index contributed by atoms with van der Waals surface area (Å²) in [4.78, 5) is 59.7. The zero-order chi connectivity index (χ0) is 25.9. The first kappa shape index (κ1) is 25.7. The van der Waals surface area contributed by atoms with Crippen molar-refractivity contribution in [2.45, 2.75) is 70.7 Å². The van der Waals surface area contributed by atoms with E-state index < -0.39 is 29.6 Å². The highest BCUT2D eigenvalue weighted by Gasteiger charge is 2.48. The minimum Gasteiger partial charge on any atom is -0.444 e. The molecule has 3 aliphatic rings. The fourth-order valence-corrected chi connectivity index (χ4v) is 4.78. The normalized spacial score (nSPS) is 23.9. The number of nitrogens with zero attached hydrogens (tertiary/aromatic N) is 3. The molecule has 1 aromatic rings. The van der Waals surface area contributed by atoms with Crippen LogP contribution in [0.25, 0.3) is 0 Å². The van der Waals surface area contributed by atoms with Crippen molar-refractivity contribution in [1.82, 2.24) is 25.7 Å². The molecule has 11 heteroatoms. The predicted octanol–water partition coefficient (Wildman–Crippen LogP) is 2.18. The molecule has 196 valence electrons. The lowest BCUT2D eigenvalue weighted by atomic mass is 9.97. The topological polar surface area (TPSA) is 121 Å². The fourth-order valence-electron chi connectivity index (χ4n) is 4.78. The Morgan fingerprint density at radius 2 is 1.72 bits per heavy atom. The third-order valence-corrected chi connectivity index (χ3v) is 6.59. The molecular weight excluding hydrogens is 466 g/mol. The second-order valence-electron chi connectivity index (χ2n) is 10.5. The minimum atomic E-state index is -0.691. The van der Waals surface area contributed by atoms with Crippen molar-refractivity contribution in [3.63, 3.8) is 0 Å². The highest BCUT2D eigenvalue weighted by Crippen LogP contribution is 2.30. The number of carbonyl (C=O) groups excluding carboxylic acids is 4. The number of carbonyl (C=O) groups is 4. The van der Waals surface area contributed by atoms with Crippen LogP contribution in [0.4, 0.5) is 9.59 Å². The lowest BCUT2D eigenvalue weighted by Crippen LogP contribution is -2.56. The number of nitrogens with one attached hydrogen (secondary N) is 2. The Bertz CT molecular complexity index is 981. The van der Waals surface area contributed by atoms with Crippen LogP contribution in [-0.4, -0.2) is 76.1 Å². The van der Waals surface area contributed by atoms with E-state index in [0.29, 0.717) is 38.8 Å². The molecule has 2 N–H and O–H groups in total. The summed E-state index contributed by atoms with van der Waals surface area (Å²) in [6.07, 6.45) is 1.91. The summed E-state index contributed by atoms with van der Waals surface area (Å²) in [5.41, 5.74) is 5.30. The van der Waals surface area contributed by atoms with Crippen LogP contribution in [0.1, 0.15) is 52.0 Å². The van der Waals surface area contributed by atoms with E-state index in [-0.39, 0.29) is 31.1 Å². The summed E-state index contributed by atoms with van der Waals surface area (Å²) in [6.45, 7) is 6.79. The molecule has 5 amide bonds. The van der Waals surface area contributed by atoms with Crippen molar-refractivity contribution in [2.75, 3.05) is 19.6 Å². The molecule has 4 rings (SSSR count). The first-order chi connectivity index (χ1) is 17.1. The smallest absolute Gasteiger partial charge is 0.410 e. The van der Waals surface area contributed by atoms with Gasteiger partial charge in [-0.2, -0.15) is 5.06 Å². The number of hydrazine groups is 1. The standard InChI is InChI=1S/C25H35N5O6/c1-25(2,3)36-24(34)28-13-7-10-18(14-28)21(31)26-27-22(32)20-12-11-19-15-29(20)23(33)30(19)35-16-17-8-5-4-6-9-17/h4-6,8-9,18-20H,7,10-16H2,1-3H3,(H,26,31)(H,27,32)/t18-,19?,20?/m1/s1. The van der Waals surface area contributed by atoms with Gasteiger partial charge in [0.2, 0.25) is 5.91 Å². The fraction of sp³-hybridized carbons (Fsp3) is 0.600. The molecule has 11 nitrogen and oxygen atoms in total. The van der Waals surface area contributed by atoms with Gasteiger partial charge in [0, 0.05) is 19.6 Å². The largest absolute Gasteiger partial charge is 0.444 e. The Morgan fingerprint density at radius 3 is 2.44 bits per heavy atom. The monoisotopic (exact) mass is 501 g/mol. The maximum atomic E-state index is 12.9. The SMILES string of the molecule is CC(C)(C)OC(=O)N1CCC[C@@H](C(=O)NNC(=O)C2CCC3CN2C(=O)N3OCc2ccccc2)C1. The number of hydroxylamine groups is 2. The maximum Gasteiger partial charge on any atom is 0.410 e. The average Bonchev–Trinajstić information content (AvgIpc) is 3.09. The van der Waals surface area contributed by atoms with Gasteiger partial charge in [-0.25, -0.2) is 9.59 Å². The first-order valence-electron chi connectivity index (χ1n) is 12.5. The zero-order valence-corrected chi connectivity index (χ0v) is 21.1. The van der Waals surface area contributed by atoms with Crippen LogP contribution in [0.15, 0.2) is 30.3 Å². The molecule has 2 unspecified atom stereocenters. The van der Waals surface area contributed by atoms with Crippen LogP contribution >= 0.6 is 0 Å². The molecule has 0 radical (unpaired) electrons. The van der Waals surface area contributed by atoms with Crippen molar-refractivity contribution >= 4 is 23.9 Å². The summed E-state index contributed by atoms with van der Waals surface area (Å²) >= 11 is 0. The maximum absolute atomic E-state index is 12.9. The zero-order valence-electron chi connectivity index (χ0n) is 21.1. The van der Waals surface area contributed by atoms with E-state index in [4.69, 9.17) is 9.57 Å². The van der Waals surface area contributed by atoms with Crippen molar-refractivity contribution < 1.29 is 28.8 Å². The number of hydrogen-bond acceptors (Lipinski definition) is 6. The van der Waals surface area contributed by atoms with Gasteiger partial charge in [-0.15, -0.1) is 0 Å². The van der Waals surface area contributed by atoms with Gasteiger partial charge in [0.25, 0.3) is 5.91 Å². The van der Waals surface area contributed by atoms with Crippen LogP contribution in [-0.2, 0) is 25.8 Å². The van der Waals surface area contributed by atoms with E-state index in [9.17, 15) is 19.2 Å². The van der Waals surface area contributed by atoms with Crippen LogP contribution in [0.2, 0.25) is 0 Å². The van der Waals surface area contributed by atoms with Crippen LogP contribution in [0.3, 0.4) is 0 Å². The van der Waals surface area contributed by atoms with Gasteiger partial charge in [-0.1, -0.05) is 30.3 Å². The van der Waals surface area contributed by atoms with Crippen LogP contribution < -0.4 is 10.9 Å². The molecule has 3 saturated heterocycles. The Balaban J connectivity index is 1.26. The lowest BCUT2D eigenvalue weighted by molar-refractivity contribution is -0.140. The van der Waals surface area contributed by atoms with Crippen molar-refractivity contribution in [2.24, 2.45) is 5.92 Å². The Kier molecular flexibility index (Phi) is 7.67. The van der Waals surface area contributed by atoms with Gasteiger partial charge in [0.05, 0.1) is 12.0 Å². The summed E-state index contributed by atoms with van der Waals surface area (Å²) in [7, 11) is 0. The molecule has 3 heterocycles. The predicted molar refractivity (Wildman–Crippen MR) is 129 cm³/mol. The number of fused-ring (bicyclic) bond motifs is 2. The van der Waals surface area contributed by atoms with Gasteiger partial charge < -0.3 is 14.5 Å². The van der Waals surface area contributed by atoms with Crippen molar-refractivity contribution in [3.8, 4) is 0 Å². The molecule has 0 aromatic heterocycles. The Hall–Kier alpha value is -3.34. The summed E-state index contributed by atoms with van der Waals surface area (Å²) in [5, 5.41) is 1.37. The third-order valence-electron chi connectivity index (χ3n) is 6.59. The van der Waals surface area contributed by atoms with E-state index >= 15 is 0 Å². The molecule has 3 atom stereocenters. The van der Waals surface area contributed by atoms with E-state index in [2.05, 4.69) is 10.9 Å². The lowest BCUT2D eigenvalue weighted by Gasteiger charge is -2.33. The molecule has 1 aromatic carbocycles. The van der Waals surface area contributed by atoms with Gasteiger partial charge in [-0.05, 0) is 52.0 Å². The molecule has 0 aliphatic carbocycles. The van der Waals surface area contributed by atoms with Crippen molar-refractivity contribution in [1.29, 1.82) is 0 Å². The second-order valence-corrected chi connectivity index (χ2v) is 10.5. The number of hydrogen-bond donors (Lipinski definition) is 2. The summed E-state index contributed by atoms with van der Waals surface area (Å²) in [5.74, 6) is -1.27. The highest BCUT2D eigenvalue weighted by molar-refractivity contribution is 5.90. The van der Waals surface area contributed by atoms with E-state index in [1.54, 1.807) is 20.8 Å². The Labute approximate surface area is 211 Å². The van der Waals surface area contributed by atoms with Crippen LogP contribution in [0, 0.1) is 5.92 Å². The van der Waals surface area contributed by atoms with Gasteiger partial charge in [0.1, 0.15) is 18.2 Å². The molecule has 0 spiro atoms.